The third kappa shape index (κ3) is 2.30. The highest BCUT2D eigenvalue weighted by Gasteiger charge is 2.35. The van der Waals surface area contributed by atoms with E-state index in [0.29, 0.717) is 13.0 Å². The Hall–Kier alpha value is -1.59. The SMILES string of the molecule is Cc1sc2c(C(O)C3CCCN3C(=O)O)cccc2c1C. The van der Waals surface area contributed by atoms with E-state index in [2.05, 4.69) is 19.9 Å². The molecule has 4 nitrogen and oxygen atoms in total. The summed E-state index contributed by atoms with van der Waals surface area (Å²) in [5.74, 6) is 0. The van der Waals surface area contributed by atoms with E-state index in [1.54, 1.807) is 11.3 Å². The average Bonchev–Trinajstić information content (AvgIpc) is 3.04. The molecule has 112 valence electrons. The maximum atomic E-state index is 11.3. The first kappa shape index (κ1) is 14.4. The lowest BCUT2D eigenvalue weighted by Gasteiger charge is -2.26. The molecule has 5 heteroatoms. The maximum Gasteiger partial charge on any atom is 0.407 e. The largest absolute Gasteiger partial charge is 0.465 e. The van der Waals surface area contributed by atoms with Crippen LogP contribution in [0.5, 0.6) is 0 Å². The number of carbonyl (C=O) groups is 1. The van der Waals surface area contributed by atoms with Crippen LogP contribution < -0.4 is 0 Å². The summed E-state index contributed by atoms with van der Waals surface area (Å²) < 4.78 is 1.08. The van der Waals surface area contributed by atoms with E-state index in [1.165, 1.54) is 15.3 Å². The van der Waals surface area contributed by atoms with Crippen LogP contribution in [0.2, 0.25) is 0 Å². The summed E-state index contributed by atoms with van der Waals surface area (Å²) in [6.07, 6.45) is -0.174. The number of hydrogen-bond donors (Lipinski definition) is 2. The molecule has 0 aliphatic carbocycles. The molecule has 1 amide bonds. The minimum absolute atomic E-state index is 0.337. The molecule has 1 fully saturated rings. The Morgan fingerprint density at radius 3 is 2.90 bits per heavy atom. The fraction of sp³-hybridized carbons (Fsp3) is 0.438. The molecule has 1 aromatic carbocycles. The second kappa shape index (κ2) is 5.31. The van der Waals surface area contributed by atoms with Gasteiger partial charge in [0.2, 0.25) is 0 Å². The topological polar surface area (TPSA) is 60.8 Å². The molecule has 2 atom stereocenters. The molecule has 0 spiro atoms. The Morgan fingerprint density at radius 2 is 2.19 bits per heavy atom. The lowest BCUT2D eigenvalue weighted by Crippen LogP contribution is -2.38. The molecule has 21 heavy (non-hydrogen) atoms. The first-order chi connectivity index (χ1) is 10.0. The van der Waals surface area contributed by atoms with Crippen LogP contribution in [0.4, 0.5) is 4.79 Å². The third-order valence-electron chi connectivity index (χ3n) is 4.46. The van der Waals surface area contributed by atoms with Gasteiger partial charge in [0.15, 0.2) is 0 Å². The minimum Gasteiger partial charge on any atom is -0.465 e. The molecule has 1 aromatic heterocycles. The van der Waals surface area contributed by atoms with Gasteiger partial charge in [-0.3, -0.25) is 0 Å². The number of carboxylic acid groups (broad SMARTS) is 1. The number of likely N-dealkylation sites (tertiary alicyclic amines) is 1. The molecule has 2 unspecified atom stereocenters. The van der Waals surface area contributed by atoms with Crippen LogP contribution in [0, 0.1) is 13.8 Å². The predicted molar refractivity (Wildman–Crippen MR) is 84.0 cm³/mol. The van der Waals surface area contributed by atoms with Crippen molar-refractivity contribution in [3.05, 3.63) is 34.2 Å². The molecule has 3 rings (SSSR count). The fourth-order valence-corrected chi connectivity index (χ4v) is 4.39. The highest BCUT2D eigenvalue weighted by atomic mass is 32.1. The standard InChI is InChI=1S/C16H19NO3S/c1-9-10(2)21-15-11(9)5-3-6-12(15)14(18)13-7-4-8-17(13)16(19)20/h3,5-6,13-14,18H,4,7-8H2,1-2H3,(H,19,20). The molecule has 0 radical (unpaired) electrons. The number of amides is 1. The predicted octanol–water partition coefficient (Wildman–Crippen LogP) is 3.69. The van der Waals surface area contributed by atoms with Gasteiger partial charge >= 0.3 is 6.09 Å². The third-order valence-corrected chi connectivity index (χ3v) is 5.73. The van der Waals surface area contributed by atoms with Gasteiger partial charge in [0.1, 0.15) is 6.10 Å². The van der Waals surface area contributed by atoms with Crippen molar-refractivity contribution in [2.45, 2.75) is 38.8 Å². The van der Waals surface area contributed by atoms with Crippen molar-refractivity contribution < 1.29 is 15.0 Å². The molecular formula is C16H19NO3S. The second-order valence-electron chi connectivity index (χ2n) is 5.64. The Labute approximate surface area is 127 Å². The summed E-state index contributed by atoms with van der Waals surface area (Å²) in [7, 11) is 0. The summed E-state index contributed by atoms with van der Waals surface area (Å²) in [6.45, 7) is 4.67. The molecule has 2 N–H and O–H groups in total. The fourth-order valence-electron chi connectivity index (χ4n) is 3.18. The molecule has 1 aliphatic rings. The van der Waals surface area contributed by atoms with Crippen molar-refractivity contribution in [3.8, 4) is 0 Å². The van der Waals surface area contributed by atoms with Crippen LogP contribution in [0.3, 0.4) is 0 Å². The van der Waals surface area contributed by atoms with Gasteiger partial charge in [-0.25, -0.2) is 4.79 Å². The van der Waals surface area contributed by atoms with Gasteiger partial charge in [0.05, 0.1) is 6.04 Å². The summed E-state index contributed by atoms with van der Waals surface area (Å²) >= 11 is 1.68. The maximum absolute atomic E-state index is 11.3. The van der Waals surface area contributed by atoms with Gasteiger partial charge in [0.25, 0.3) is 0 Å². The van der Waals surface area contributed by atoms with E-state index >= 15 is 0 Å². The summed E-state index contributed by atoms with van der Waals surface area (Å²) in [4.78, 5) is 13.9. The molecule has 0 bridgehead atoms. The normalized spacial score (nSPS) is 20.1. The number of rotatable bonds is 2. The van der Waals surface area contributed by atoms with Crippen molar-refractivity contribution in [2.24, 2.45) is 0 Å². The van der Waals surface area contributed by atoms with E-state index in [1.807, 2.05) is 12.1 Å². The highest BCUT2D eigenvalue weighted by molar-refractivity contribution is 7.19. The number of aliphatic hydroxyl groups is 1. The van der Waals surface area contributed by atoms with Crippen molar-refractivity contribution in [3.63, 3.8) is 0 Å². The molecule has 1 aliphatic heterocycles. The number of fused-ring (bicyclic) bond motifs is 1. The smallest absolute Gasteiger partial charge is 0.407 e. The first-order valence-corrected chi connectivity index (χ1v) is 7.98. The lowest BCUT2D eigenvalue weighted by molar-refractivity contribution is 0.0686. The first-order valence-electron chi connectivity index (χ1n) is 7.17. The minimum atomic E-state index is -0.942. The van der Waals surface area contributed by atoms with Crippen LogP contribution in [0.1, 0.15) is 34.9 Å². The van der Waals surface area contributed by atoms with Crippen molar-refractivity contribution >= 4 is 27.5 Å². The van der Waals surface area contributed by atoms with Gasteiger partial charge in [-0.05, 0) is 37.6 Å². The van der Waals surface area contributed by atoms with Crippen molar-refractivity contribution in [1.82, 2.24) is 4.90 Å². The van der Waals surface area contributed by atoms with Crippen LogP contribution in [0.15, 0.2) is 18.2 Å². The van der Waals surface area contributed by atoms with E-state index in [9.17, 15) is 15.0 Å². The Kier molecular flexibility index (Phi) is 3.63. The number of benzene rings is 1. The number of thiophene rings is 1. The molecule has 0 saturated carbocycles. The lowest BCUT2D eigenvalue weighted by atomic mass is 9.98. The van der Waals surface area contributed by atoms with E-state index in [0.717, 1.165) is 22.1 Å². The average molecular weight is 305 g/mol. The van der Waals surface area contributed by atoms with E-state index < -0.39 is 12.2 Å². The van der Waals surface area contributed by atoms with Crippen LogP contribution in [0.25, 0.3) is 10.1 Å². The van der Waals surface area contributed by atoms with Gasteiger partial charge < -0.3 is 15.1 Å². The number of nitrogens with zero attached hydrogens (tertiary/aromatic N) is 1. The number of hydrogen-bond acceptors (Lipinski definition) is 3. The van der Waals surface area contributed by atoms with E-state index in [-0.39, 0.29) is 6.04 Å². The van der Waals surface area contributed by atoms with Crippen molar-refractivity contribution in [2.75, 3.05) is 6.54 Å². The quantitative estimate of drug-likeness (QED) is 0.889. The van der Waals surface area contributed by atoms with Gasteiger partial charge in [-0.15, -0.1) is 11.3 Å². The highest BCUT2D eigenvalue weighted by Crippen LogP contribution is 2.38. The molecular weight excluding hydrogens is 286 g/mol. The Balaban J connectivity index is 2.04. The van der Waals surface area contributed by atoms with Crippen LogP contribution in [-0.4, -0.2) is 33.8 Å². The summed E-state index contributed by atoms with van der Waals surface area (Å²) in [5, 5.41) is 21.2. The molecule has 1 saturated heterocycles. The Bertz CT molecular complexity index is 694. The van der Waals surface area contributed by atoms with Gasteiger partial charge in [-0.2, -0.15) is 0 Å². The second-order valence-corrected chi connectivity index (χ2v) is 6.86. The van der Waals surface area contributed by atoms with E-state index in [4.69, 9.17) is 0 Å². The Morgan fingerprint density at radius 1 is 1.43 bits per heavy atom. The summed E-state index contributed by atoms with van der Waals surface area (Å²) in [5.41, 5.74) is 2.09. The summed E-state index contributed by atoms with van der Waals surface area (Å²) in [6, 6.07) is 5.59. The number of aryl methyl sites for hydroxylation is 2. The molecule has 2 heterocycles. The molecule has 2 aromatic rings. The zero-order valence-corrected chi connectivity index (χ0v) is 13.0. The zero-order valence-electron chi connectivity index (χ0n) is 12.2. The van der Waals surface area contributed by atoms with Crippen molar-refractivity contribution in [1.29, 1.82) is 0 Å². The zero-order chi connectivity index (χ0) is 15.1. The van der Waals surface area contributed by atoms with Gasteiger partial charge in [-0.1, -0.05) is 18.2 Å². The van der Waals surface area contributed by atoms with Gasteiger partial charge in [0, 0.05) is 21.7 Å². The monoisotopic (exact) mass is 305 g/mol. The number of aliphatic hydroxyl groups excluding tert-OH is 1. The van der Waals surface area contributed by atoms with Crippen LogP contribution in [-0.2, 0) is 0 Å². The van der Waals surface area contributed by atoms with Crippen LogP contribution >= 0.6 is 11.3 Å².